The summed E-state index contributed by atoms with van der Waals surface area (Å²) in [6, 6.07) is 12.8. The molecule has 3 heterocycles. The molecule has 35 heavy (non-hydrogen) atoms. The van der Waals surface area contributed by atoms with Crippen LogP contribution in [0.5, 0.6) is 0 Å². The minimum Gasteiger partial charge on any atom is -0.379 e. The maximum absolute atomic E-state index is 13.5. The molecule has 5 rings (SSSR count). The number of anilines is 2. The highest BCUT2D eigenvalue weighted by Crippen LogP contribution is 2.38. The fourth-order valence-electron chi connectivity index (χ4n) is 5.40. The molecule has 9 nitrogen and oxygen atoms in total. The summed E-state index contributed by atoms with van der Waals surface area (Å²) in [6.45, 7) is 6.79. The van der Waals surface area contributed by atoms with E-state index in [0.717, 1.165) is 62.9 Å². The normalized spacial score (nSPS) is 22.3. The van der Waals surface area contributed by atoms with Gasteiger partial charge < -0.3 is 19.9 Å². The number of nitrogens with zero attached hydrogens (tertiary/aromatic N) is 4. The van der Waals surface area contributed by atoms with E-state index in [9.17, 15) is 14.9 Å². The van der Waals surface area contributed by atoms with Crippen molar-refractivity contribution in [3.63, 3.8) is 0 Å². The zero-order valence-electron chi connectivity index (χ0n) is 19.6. The summed E-state index contributed by atoms with van der Waals surface area (Å²) in [5, 5.41) is 15.2. The van der Waals surface area contributed by atoms with E-state index in [-0.39, 0.29) is 28.5 Å². The first-order valence-electron chi connectivity index (χ1n) is 12.1. The summed E-state index contributed by atoms with van der Waals surface area (Å²) in [5.74, 6) is -0.298. The summed E-state index contributed by atoms with van der Waals surface area (Å²) in [7, 11) is 0. The van der Waals surface area contributed by atoms with E-state index >= 15 is 0 Å². The second-order valence-corrected chi connectivity index (χ2v) is 9.75. The quantitative estimate of drug-likeness (QED) is 0.482. The topological polar surface area (TPSA) is 91.2 Å². The number of non-ortho nitro benzene ring substituents is 1. The predicted molar refractivity (Wildman–Crippen MR) is 135 cm³/mol. The SMILES string of the molecule is O=C(NCCN1CCOCC1)C1Cc2cc([N+](=O)[O-])ccc2N2CCN(c3ccc(Cl)cc3)CC12. The van der Waals surface area contributed by atoms with Crippen LogP contribution in [-0.4, -0.2) is 80.8 Å². The van der Waals surface area contributed by atoms with Crippen LogP contribution in [0.3, 0.4) is 0 Å². The molecule has 2 fully saturated rings. The van der Waals surface area contributed by atoms with Gasteiger partial charge in [-0.05, 0) is 42.3 Å². The molecular formula is C25H30ClN5O4. The fraction of sp³-hybridized carbons (Fsp3) is 0.480. The number of amides is 1. The Bertz CT molecular complexity index is 1080. The van der Waals surface area contributed by atoms with Crippen LogP contribution in [0.25, 0.3) is 0 Å². The Morgan fingerprint density at radius 1 is 1.11 bits per heavy atom. The molecule has 0 aromatic heterocycles. The highest BCUT2D eigenvalue weighted by Gasteiger charge is 2.42. The first kappa shape index (κ1) is 23.8. The van der Waals surface area contributed by atoms with Gasteiger partial charge in [-0.15, -0.1) is 0 Å². The van der Waals surface area contributed by atoms with Gasteiger partial charge in [0.15, 0.2) is 0 Å². The number of nitro benzene ring substituents is 1. The van der Waals surface area contributed by atoms with E-state index in [1.807, 2.05) is 30.3 Å². The van der Waals surface area contributed by atoms with Gasteiger partial charge in [0.05, 0.1) is 30.1 Å². The number of nitro groups is 1. The number of piperazine rings is 1. The molecule has 1 N–H and O–H groups in total. The number of hydrogen-bond acceptors (Lipinski definition) is 7. The Labute approximate surface area is 209 Å². The first-order chi connectivity index (χ1) is 17.0. The summed E-state index contributed by atoms with van der Waals surface area (Å²) < 4.78 is 5.40. The van der Waals surface area contributed by atoms with Crippen molar-refractivity contribution >= 4 is 34.6 Å². The summed E-state index contributed by atoms with van der Waals surface area (Å²) >= 11 is 6.08. The Morgan fingerprint density at radius 2 is 1.89 bits per heavy atom. The lowest BCUT2D eigenvalue weighted by atomic mass is 9.83. The van der Waals surface area contributed by atoms with E-state index in [1.165, 1.54) is 0 Å². The minimum absolute atomic E-state index is 0.00312. The zero-order valence-corrected chi connectivity index (χ0v) is 20.3. The number of fused-ring (bicyclic) bond motifs is 3. The smallest absolute Gasteiger partial charge is 0.269 e. The summed E-state index contributed by atoms with van der Waals surface area (Å²) in [6.07, 6.45) is 0.482. The van der Waals surface area contributed by atoms with Crippen LogP contribution in [0.15, 0.2) is 42.5 Å². The Morgan fingerprint density at radius 3 is 2.63 bits per heavy atom. The monoisotopic (exact) mass is 499 g/mol. The van der Waals surface area contributed by atoms with Crippen molar-refractivity contribution in [3.8, 4) is 0 Å². The van der Waals surface area contributed by atoms with E-state index in [0.29, 0.717) is 24.5 Å². The van der Waals surface area contributed by atoms with Crippen LogP contribution < -0.4 is 15.1 Å². The van der Waals surface area contributed by atoms with Crippen molar-refractivity contribution in [2.75, 3.05) is 68.8 Å². The summed E-state index contributed by atoms with van der Waals surface area (Å²) in [5.41, 5.74) is 3.00. The lowest BCUT2D eigenvalue weighted by Gasteiger charge is -2.49. The highest BCUT2D eigenvalue weighted by atomic mass is 35.5. The predicted octanol–water partition coefficient (Wildman–Crippen LogP) is 2.56. The van der Waals surface area contributed by atoms with Gasteiger partial charge in [0.1, 0.15) is 0 Å². The summed E-state index contributed by atoms with van der Waals surface area (Å²) in [4.78, 5) is 31.3. The van der Waals surface area contributed by atoms with Crippen LogP contribution in [0, 0.1) is 16.0 Å². The molecule has 0 bridgehead atoms. The van der Waals surface area contributed by atoms with Crippen molar-refractivity contribution in [1.29, 1.82) is 0 Å². The largest absolute Gasteiger partial charge is 0.379 e. The highest BCUT2D eigenvalue weighted by molar-refractivity contribution is 6.30. The minimum atomic E-state index is -0.373. The number of carbonyl (C=O) groups excluding carboxylic acids is 1. The lowest BCUT2D eigenvalue weighted by Crippen LogP contribution is -2.61. The van der Waals surface area contributed by atoms with Crippen molar-refractivity contribution in [2.45, 2.75) is 12.5 Å². The number of halogens is 1. The van der Waals surface area contributed by atoms with Crippen molar-refractivity contribution in [3.05, 3.63) is 63.2 Å². The standard InChI is InChI=1S/C25H30ClN5O4/c26-19-1-3-20(4-2-19)29-9-10-30-23-6-5-21(31(33)34)15-18(23)16-22(24(30)17-29)25(32)27-7-8-28-11-13-35-14-12-28/h1-6,15,22,24H,7-14,16-17H2,(H,27,32). The Hall–Kier alpha value is -2.88. The van der Waals surface area contributed by atoms with Crippen LogP contribution in [0.1, 0.15) is 5.56 Å². The van der Waals surface area contributed by atoms with Crippen LogP contribution in [0.2, 0.25) is 5.02 Å². The number of nitrogens with one attached hydrogen (secondary N) is 1. The van der Waals surface area contributed by atoms with Crippen molar-refractivity contribution in [2.24, 2.45) is 5.92 Å². The molecule has 0 spiro atoms. The van der Waals surface area contributed by atoms with E-state index < -0.39 is 0 Å². The average Bonchev–Trinajstić information content (AvgIpc) is 2.88. The maximum Gasteiger partial charge on any atom is 0.269 e. The van der Waals surface area contributed by atoms with Gasteiger partial charge in [-0.2, -0.15) is 0 Å². The molecule has 2 saturated heterocycles. The molecule has 0 saturated carbocycles. The van der Waals surface area contributed by atoms with Crippen LogP contribution in [0.4, 0.5) is 17.1 Å². The second kappa shape index (κ2) is 10.4. The fourth-order valence-corrected chi connectivity index (χ4v) is 5.53. The second-order valence-electron chi connectivity index (χ2n) is 9.31. The molecule has 2 aromatic carbocycles. The van der Waals surface area contributed by atoms with Gasteiger partial charge in [0, 0.05) is 74.3 Å². The van der Waals surface area contributed by atoms with Crippen LogP contribution in [-0.2, 0) is 16.0 Å². The van der Waals surface area contributed by atoms with E-state index in [1.54, 1.807) is 12.1 Å². The molecule has 0 aliphatic carbocycles. The maximum atomic E-state index is 13.5. The molecule has 186 valence electrons. The van der Waals surface area contributed by atoms with Crippen molar-refractivity contribution < 1.29 is 14.5 Å². The molecule has 2 atom stereocenters. The lowest BCUT2D eigenvalue weighted by molar-refractivity contribution is -0.384. The number of morpholine rings is 1. The zero-order chi connectivity index (χ0) is 24.4. The van der Waals surface area contributed by atoms with Gasteiger partial charge in [0.2, 0.25) is 5.91 Å². The van der Waals surface area contributed by atoms with Crippen LogP contribution >= 0.6 is 11.6 Å². The average molecular weight is 500 g/mol. The van der Waals surface area contributed by atoms with Gasteiger partial charge in [0.25, 0.3) is 5.69 Å². The molecule has 2 unspecified atom stereocenters. The van der Waals surface area contributed by atoms with E-state index in [2.05, 4.69) is 20.0 Å². The van der Waals surface area contributed by atoms with Gasteiger partial charge >= 0.3 is 0 Å². The van der Waals surface area contributed by atoms with Gasteiger partial charge in [-0.25, -0.2) is 0 Å². The van der Waals surface area contributed by atoms with Gasteiger partial charge in [-0.3, -0.25) is 19.8 Å². The molecular weight excluding hydrogens is 470 g/mol. The molecule has 0 radical (unpaired) electrons. The molecule has 3 aliphatic heterocycles. The number of hydrogen-bond donors (Lipinski definition) is 1. The Balaban J connectivity index is 1.36. The van der Waals surface area contributed by atoms with E-state index in [4.69, 9.17) is 16.3 Å². The third-order valence-corrected chi connectivity index (χ3v) is 7.52. The number of benzene rings is 2. The number of carbonyl (C=O) groups is 1. The Kier molecular flexibility index (Phi) is 7.08. The van der Waals surface area contributed by atoms with Gasteiger partial charge in [-0.1, -0.05) is 11.6 Å². The first-order valence-corrected chi connectivity index (χ1v) is 12.5. The number of ether oxygens (including phenoxy) is 1. The molecule has 3 aliphatic rings. The molecule has 2 aromatic rings. The third kappa shape index (κ3) is 5.22. The van der Waals surface area contributed by atoms with Crippen molar-refractivity contribution in [1.82, 2.24) is 10.2 Å². The number of rotatable bonds is 6. The molecule has 10 heteroatoms. The third-order valence-electron chi connectivity index (χ3n) is 7.27. The molecule has 1 amide bonds.